The van der Waals surface area contributed by atoms with Gasteiger partial charge in [0.05, 0.1) is 0 Å². The van der Waals surface area contributed by atoms with E-state index in [4.69, 9.17) is 5.73 Å². The molecule has 0 unspecified atom stereocenters. The smallest absolute Gasteiger partial charge is 0.316 e. The van der Waals surface area contributed by atoms with Gasteiger partial charge in [-0.3, -0.25) is 9.59 Å². The predicted octanol–water partition coefficient (Wildman–Crippen LogP) is 7.21. The summed E-state index contributed by atoms with van der Waals surface area (Å²) in [5, 5.41) is 4.78. The Morgan fingerprint density at radius 1 is 0.976 bits per heavy atom. The topological polar surface area (TPSA) is 105 Å². The molecule has 0 heterocycles. The molecule has 0 atom stereocenters. The molecule has 3 rings (SSSR count). The number of ketones is 1. The highest BCUT2D eigenvalue weighted by Crippen LogP contribution is 2.24. The fourth-order valence-electron chi connectivity index (χ4n) is 4.46. The maximum atomic E-state index is 12.9. The molecular formula is C33H53FN4O3. The van der Waals surface area contributed by atoms with Crippen molar-refractivity contribution >= 4 is 23.4 Å². The molecular weight excluding hydrogens is 519 g/mol. The van der Waals surface area contributed by atoms with E-state index < -0.39 is 6.03 Å². The molecule has 1 aliphatic carbocycles. The van der Waals surface area contributed by atoms with E-state index in [0.717, 1.165) is 12.3 Å². The summed E-state index contributed by atoms with van der Waals surface area (Å²) in [7, 11) is 1.60. The molecule has 2 aromatic rings. The van der Waals surface area contributed by atoms with Gasteiger partial charge in [-0.15, -0.1) is 0 Å². The molecule has 0 spiro atoms. The van der Waals surface area contributed by atoms with Crippen LogP contribution in [0.2, 0.25) is 0 Å². The number of carbonyl (C=O) groups excluding carboxylic acids is 3. The van der Waals surface area contributed by atoms with Gasteiger partial charge in [0.25, 0.3) is 0 Å². The number of primary amides is 1. The Morgan fingerprint density at radius 3 is 2.10 bits per heavy atom. The SMILES string of the molecule is CC.CC(=O)c1cccc(NC(N)=O)c1.CCCN(CCCc1ccc(F)cc1)CC1CCCCC1.CNC(C)=O. The number of halogens is 1. The van der Waals surface area contributed by atoms with Crippen LogP contribution in [0.4, 0.5) is 14.9 Å². The van der Waals surface area contributed by atoms with E-state index in [0.29, 0.717) is 11.3 Å². The van der Waals surface area contributed by atoms with E-state index in [-0.39, 0.29) is 17.5 Å². The molecule has 2 aromatic carbocycles. The Morgan fingerprint density at radius 2 is 1.59 bits per heavy atom. The highest BCUT2D eigenvalue weighted by Gasteiger charge is 2.16. The van der Waals surface area contributed by atoms with Crippen LogP contribution in [0.15, 0.2) is 48.5 Å². The summed E-state index contributed by atoms with van der Waals surface area (Å²) < 4.78 is 12.9. The molecule has 0 aliphatic heterocycles. The highest BCUT2D eigenvalue weighted by molar-refractivity contribution is 5.96. The number of anilines is 1. The number of nitrogens with zero attached hydrogens (tertiary/aromatic N) is 1. The van der Waals surface area contributed by atoms with Gasteiger partial charge in [-0.1, -0.05) is 64.3 Å². The number of benzene rings is 2. The molecule has 3 amide bonds. The van der Waals surface area contributed by atoms with Crippen molar-refractivity contribution in [2.75, 3.05) is 32.0 Å². The fraction of sp³-hybridized carbons (Fsp3) is 0.545. The molecule has 8 heteroatoms. The van der Waals surface area contributed by atoms with Gasteiger partial charge in [0.1, 0.15) is 5.82 Å². The summed E-state index contributed by atoms with van der Waals surface area (Å²) in [6.07, 6.45) is 10.6. The number of urea groups is 1. The van der Waals surface area contributed by atoms with Crippen LogP contribution >= 0.6 is 0 Å². The fourth-order valence-corrected chi connectivity index (χ4v) is 4.46. The Hall–Kier alpha value is -3.26. The maximum Gasteiger partial charge on any atom is 0.316 e. The zero-order valence-corrected chi connectivity index (χ0v) is 26.1. The second-order valence-electron chi connectivity index (χ2n) is 9.97. The van der Waals surface area contributed by atoms with Crippen molar-refractivity contribution in [3.8, 4) is 0 Å². The first kappa shape index (κ1) is 37.7. The predicted molar refractivity (Wildman–Crippen MR) is 169 cm³/mol. The molecule has 41 heavy (non-hydrogen) atoms. The largest absolute Gasteiger partial charge is 0.359 e. The number of aryl methyl sites for hydroxylation is 1. The zero-order chi connectivity index (χ0) is 31.0. The van der Waals surface area contributed by atoms with Crippen LogP contribution in [0.25, 0.3) is 0 Å². The Bertz CT molecular complexity index is 992. The summed E-state index contributed by atoms with van der Waals surface area (Å²) in [6.45, 7) is 12.9. The maximum absolute atomic E-state index is 12.9. The molecule has 0 bridgehead atoms. The van der Waals surface area contributed by atoms with Gasteiger partial charge in [0, 0.05) is 31.8 Å². The van der Waals surface area contributed by atoms with Crippen LogP contribution < -0.4 is 16.4 Å². The van der Waals surface area contributed by atoms with Crippen molar-refractivity contribution in [3.05, 3.63) is 65.5 Å². The number of nitrogens with two attached hydrogens (primary N) is 1. The quantitative estimate of drug-likeness (QED) is 0.262. The van der Waals surface area contributed by atoms with E-state index in [1.165, 1.54) is 84.0 Å². The van der Waals surface area contributed by atoms with Crippen LogP contribution in [-0.4, -0.2) is 49.3 Å². The van der Waals surface area contributed by atoms with Crippen molar-refractivity contribution in [1.82, 2.24) is 10.2 Å². The van der Waals surface area contributed by atoms with Crippen molar-refractivity contribution in [2.24, 2.45) is 11.7 Å². The lowest BCUT2D eigenvalue weighted by atomic mass is 9.89. The van der Waals surface area contributed by atoms with Crippen molar-refractivity contribution in [2.45, 2.75) is 86.0 Å². The van der Waals surface area contributed by atoms with Gasteiger partial charge in [-0.25, -0.2) is 9.18 Å². The van der Waals surface area contributed by atoms with Crippen LogP contribution in [-0.2, 0) is 11.2 Å². The summed E-state index contributed by atoms with van der Waals surface area (Å²) in [6, 6.07) is 12.9. The van der Waals surface area contributed by atoms with Crippen LogP contribution in [0, 0.1) is 11.7 Å². The van der Waals surface area contributed by atoms with Crippen LogP contribution in [0.3, 0.4) is 0 Å². The third-order valence-electron chi connectivity index (χ3n) is 6.52. The van der Waals surface area contributed by atoms with E-state index >= 15 is 0 Å². The number of amides is 3. The van der Waals surface area contributed by atoms with Crippen molar-refractivity contribution in [3.63, 3.8) is 0 Å². The van der Waals surface area contributed by atoms with E-state index in [1.807, 2.05) is 26.0 Å². The van der Waals surface area contributed by atoms with Gasteiger partial charge in [0.2, 0.25) is 5.91 Å². The minimum absolute atomic E-state index is 0.00463. The van der Waals surface area contributed by atoms with Crippen LogP contribution in [0.5, 0.6) is 0 Å². The van der Waals surface area contributed by atoms with E-state index in [2.05, 4.69) is 22.5 Å². The van der Waals surface area contributed by atoms with Gasteiger partial charge in [0.15, 0.2) is 5.78 Å². The summed E-state index contributed by atoms with van der Waals surface area (Å²) >= 11 is 0. The average Bonchev–Trinajstić information content (AvgIpc) is 2.96. The van der Waals surface area contributed by atoms with Gasteiger partial charge >= 0.3 is 6.03 Å². The summed E-state index contributed by atoms with van der Waals surface area (Å²) in [4.78, 5) is 33.8. The number of Topliss-reactive ketones (excluding diaryl/α,β-unsaturated/α-hetero) is 1. The molecule has 230 valence electrons. The van der Waals surface area contributed by atoms with Crippen molar-refractivity contribution in [1.29, 1.82) is 0 Å². The molecule has 1 aliphatic rings. The van der Waals surface area contributed by atoms with Gasteiger partial charge < -0.3 is 21.3 Å². The first-order valence-corrected chi connectivity index (χ1v) is 15.0. The van der Waals surface area contributed by atoms with Gasteiger partial charge in [-0.05, 0) is 87.9 Å². The monoisotopic (exact) mass is 572 g/mol. The van der Waals surface area contributed by atoms with Crippen molar-refractivity contribution < 1.29 is 18.8 Å². The molecule has 0 radical (unpaired) electrons. The standard InChI is InChI=1S/C19H30FN.C9H10N2O2.C3H7NO.C2H6/c1-2-14-21(16-18-7-4-3-5-8-18)15-6-9-17-10-12-19(20)13-11-17;1-6(12)7-3-2-4-8(5-7)11-9(10)13;1-3(5)4-2;1-2/h10-13,18H,2-9,14-16H2,1H3;2-5H,1H3,(H3,10,11,13);1-2H3,(H,4,5);1-2H3. The third-order valence-corrected chi connectivity index (χ3v) is 6.52. The number of rotatable bonds is 10. The Kier molecular flexibility index (Phi) is 21.6. The lowest BCUT2D eigenvalue weighted by Crippen LogP contribution is -2.32. The third kappa shape index (κ3) is 19.5. The number of nitrogens with one attached hydrogen (secondary N) is 2. The first-order valence-electron chi connectivity index (χ1n) is 15.0. The van der Waals surface area contributed by atoms with E-state index in [1.54, 1.807) is 43.4 Å². The highest BCUT2D eigenvalue weighted by atomic mass is 19.1. The summed E-state index contributed by atoms with van der Waals surface area (Å²) in [5.74, 6) is 0.748. The minimum Gasteiger partial charge on any atom is -0.359 e. The van der Waals surface area contributed by atoms with E-state index in [9.17, 15) is 18.8 Å². The lowest BCUT2D eigenvalue weighted by molar-refractivity contribution is -0.118. The zero-order valence-electron chi connectivity index (χ0n) is 26.1. The Balaban J connectivity index is 0.000000680. The second kappa shape index (κ2) is 23.4. The molecule has 1 saturated carbocycles. The molecule has 4 N–H and O–H groups in total. The molecule has 1 fully saturated rings. The Labute approximate surface area is 247 Å². The molecule has 0 aromatic heterocycles. The number of carbonyl (C=O) groups is 3. The van der Waals surface area contributed by atoms with Gasteiger partial charge in [-0.2, -0.15) is 0 Å². The summed E-state index contributed by atoms with van der Waals surface area (Å²) in [5.41, 5.74) is 7.25. The van der Waals surface area contributed by atoms with Crippen LogP contribution in [0.1, 0.15) is 95.5 Å². The second-order valence-corrected chi connectivity index (χ2v) is 9.97. The molecule has 0 saturated heterocycles. The first-order chi connectivity index (χ1) is 19.6. The normalized spacial score (nSPS) is 12.4. The lowest BCUT2D eigenvalue weighted by Gasteiger charge is -2.29. The number of hydrogen-bond acceptors (Lipinski definition) is 4. The number of hydrogen-bond donors (Lipinski definition) is 3. The average molecular weight is 573 g/mol. The molecule has 7 nitrogen and oxygen atoms in total. The minimum atomic E-state index is -0.638.